The largest absolute Gasteiger partial charge is 0.364 e. The molecule has 0 saturated heterocycles. The Morgan fingerprint density at radius 3 is 2.71 bits per heavy atom. The zero-order chi connectivity index (χ0) is 5.28. The van der Waals surface area contributed by atoms with Gasteiger partial charge in [-0.2, -0.15) is 0 Å². The molecule has 0 amide bonds. The standard InChI is InChI=1S/C4H6NOP/c1-3-2-6-5-4(3)7/h2H,7H2,1H3. The number of hydrogen-bond acceptors (Lipinski definition) is 2. The van der Waals surface area contributed by atoms with Crippen LogP contribution in [0, 0.1) is 6.92 Å². The maximum atomic E-state index is 4.57. The normalized spacial score (nSPS) is 9.43. The molecule has 1 unspecified atom stereocenters. The zero-order valence-corrected chi connectivity index (χ0v) is 5.16. The topological polar surface area (TPSA) is 26.0 Å². The molecule has 3 heteroatoms. The number of aryl methyl sites for hydroxylation is 1. The first kappa shape index (κ1) is 4.79. The molecule has 38 valence electrons. The van der Waals surface area contributed by atoms with Crippen molar-refractivity contribution < 1.29 is 4.52 Å². The lowest BCUT2D eigenvalue weighted by atomic mass is 10.4. The monoisotopic (exact) mass is 115 g/mol. The zero-order valence-electron chi connectivity index (χ0n) is 4.01. The van der Waals surface area contributed by atoms with Crippen LogP contribution in [-0.4, -0.2) is 5.16 Å². The van der Waals surface area contributed by atoms with E-state index in [1.165, 1.54) is 0 Å². The van der Waals surface area contributed by atoms with E-state index in [1.807, 2.05) is 6.92 Å². The molecule has 0 aromatic carbocycles. The fourth-order valence-electron chi connectivity index (χ4n) is 0.295. The summed E-state index contributed by atoms with van der Waals surface area (Å²) >= 11 is 0. The molecule has 1 rings (SSSR count). The van der Waals surface area contributed by atoms with Gasteiger partial charge in [-0.25, -0.2) is 0 Å². The van der Waals surface area contributed by atoms with Gasteiger partial charge in [0.1, 0.15) is 11.7 Å². The molecule has 7 heavy (non-hydrogen) atoms. The van der Waals surface area contributed by atoms with E-state index >= 15 is 0 Å². The third-order valence-electron chi connectivity index (χ3n) is 0.785. The first-order valence-electron chi connectivity index (χ1n) is 1.97. The van der Waals surface area contributed by atoms with Gasteiger partial charge in [-0.1, -0.05) is 14.4 Å². The molecule has 1 aromatic rings. The van der Waals surface area contributed by atoms with Gasteiger partial charge in [0.2, 0.25) is 0 Å². The van der Waals surface area contributed by atoms with Gasteiger partial charge in [0.05, 0.1) is 0 Å². The highest BCUT2D eigenvalue weighted by Crippen LogP contribution is 1.93. The molecular weight excluding hydrogens is 109 g/mol. The third-order valence-corrected chi connectivity index (χ3v) is 1.35. The van der Waals surface area contributed by atoms with E-state index in [0.29, 0.717) is 0 Å². The average molecular weight is 115 g/mol. The van der Waals surface area contributed by atoms with Gasteiger partial charge in [-0.15, -0.1) is 0 Å². The Morgan fingerprint density at radius 1 is 1.86 bits per heavy atom. The van der Waals surface area contributed by atoms with Crippen molar-refractivity contribution in [1.29, 1.82) is 0 Å². The summed E-state index contributed by atoms with van der Waals surface area (Å²) in [5.74, 6) is 0. The van der Waals surface area contributed by atoms with Gasteiger partial charge < -0.3 is 4.52 Å². The van der Waals surface area contributed by atoms with E-state index in [-0.39, 0.29) is 0 Å². The minimum absolute atomic E-state index is 0.889. The van der Waals surface area contributed by atoms with Crippen LogP contribution in [0.25, 0.3) is 0 Å². The van der Waals surface area contributed by atoms with Gasteiger partial charge in [0, 0.05) is 5.56 Å². The maximum Gasteiger partial charge on any atom is 0.127 e. The van der Waals surface area contributed by atoms with E-state index in [9.17, 15) is 0 Å². The van der Waals surface area contributed by atoms with Crippen molar-refractivity contribution in [2.45, 2.75) is 6.92 Å². The summed E-state index contributed by atoms with van der Waals surface area (Å²) in [7, 11) is 2.47. The second kappa shape index (κ2) is 1.63. The molecule has 2 nitrogen and oxygen atoms in total. The van der Waals surface area contributed by atoms with Crippen molar-refractivity contribution in [3.63, 3.8) is 0 Å². The van der Waals surface area contributed by atoms with E-state index in [1.54, 1.807) is 6.26 Å². The van der Waals surface area contributed by atoms with Crippen molar-refractivity contribution >= 4 is 14.7 Å². The summed E-state index contributed by atoms with van der Waals surface area (Å²) in [5, 5.41) is 3.60. The third kappa shape index (κ3) is 0.804. The van der Waals surface area contributed by atoms with Crippen LogP contribution in [0.2, 0.25) is 0 Å². The maximum absolute atomic E-state index is 4.57. The van der Waals surface area contributed by atoms with Crippen molar-refractivity contribution in [2.75, 3.05) is 0 Å². The molecule has 1 aromatic heterocycles. The molecule has 0 bridgehead atoms. The van der Waals surface area contributed by atoms with Gasteiger partial charge in [0.25, 0.3) is 0 Å². The van der Waals surface area contributed by atoms with Crippen LogP contribution in [0.5, 0.6) is 0 Å². The first-order chi connectivity index (χ1) is 3.30. The van der Waals surface area contributed by atoms with Crippen LogP contribution in [0.1, 0.15) is 5.56 Å². The molecule has 1 atom stereocenters. The predicted octanol–water partition coefficient (Wildman–Crippen LogP) is 0.483. The van der Waals surface area contributed by atoms with Crippen LogP contribution in [0.15, 0.2) is 10.8 Å². The Balaban J connectivity index is 3.12. The Morgan fingerprint density at radius 2 is 2.57 bits per heavy atom. The molecule has 0 aliphatic rings. The smallest absolute Gasteiger partial charge is 0.127 e. The molecule has 0 spiro atoms. The van der Waals surface area contributed by atoms with Crippen molar-refractivity contribution in [3.05, 3.63) is 11.8 Å². The molecule has 0 aliphatic heterocycles. The summed E-state index contributed by atoms with van der Waals surface area (Å²) in [5.41, 5.74) is 1.96. The second-order valence-corrected chi connectivity index (χ2v) is 1.93. The lowest BCUT2D eigenvalue weighted by molar-refractivity contribution is 0.424. The molecule has 1 heterocycles. The average Bonchev–Trinajstić information content (AvgIpc) is 1.91. The lowest BCUT2D eigenvalue weighted by Gasteiger charge is -1.73. The lowest BCUT2D eigenvalue weighted by Crippen LogP contribution is -1.91. The number of rotatable bonds is 0. The molecule has 0 saturated carbocycles. The number of nitrogens with zero attached hydrogens (tertiary/aromatic N) is 1. The van der Waals surface area contributed by atoms with E-state index in [2.05, 4.69) is 18.9 Å². The van der Waals surface area contributed by atoms with Crippen molar-refractivity contribution in [3.8, 4) is 0 Å². The molecule has 0 fully saturated rings. The Hall–Kier alpha value is -0.360. The van der Waals surface area contributed by atoms with Crippen LogP contribution >= 0.6 is 9.24 Å². The number of hydrogen-bond donors (Lipinski definition) is 0. The Labute approximate surface area is 44.1 Å². The van der Waals surface area contributed by atoms with E-state index < -0.39 is 0 Å². The summed E-state index contributed by atoms with van der Waals surface area (Å²) < 4.78 is 4.57. The van der Waals surface area contributed by atoms with Gasteiger partial charge in [-0.3, -0.25) is 0 Å². The predicted molar refractivity (Wildman–Crippen MR) is 30.6 cm³/mol. The highest BCUT2D eigenvalue weighted by atomic mass is 31.0. The van der Waals surface area contributed by atoms with E-state index in [0.717, 1.165) is 11.0 Å². The Bertz CT molecular complexity index is 144. The summed E-state index contributed by atoms with van der Waals surface area (Å²) in [4.78, 5) is 0. The van der Waals surface area contributed by atoms with Gasteiger partial charge >= 0.3 is 0 Å². The molecule has 0 radical (unpaired) electrons. The van der Waals surface area contributed by atoms with Gasteiger partial charge in [-0.05, 0) is 6.92 Å². The van der Waals surface area contributed by atoms with Crippen LogP contribution in [0.4, 0.5) is 0 Å². The van der Waals surface area contributed by atoms with Crippen LogP contribution in [0.3, 0.4) is 0 Å². The summed E-state index contributed by atoms with van der Waals surface area (Å²) in [6.07, 6.45) is 1.61. The Kier molecular flexibility index (Phi) is 1.11. The summed E-state index contributed by atoms with van der Waals surface area (Å²) in [6.45, 7) is 1.94. The SMILES string of the molecule is Cc1conc1P. The highest BCUT2D eigenvalue weighted by molar-refractivity contribution is 7.27. The molecule has 0 aliphatic carbocycles. The van der Waals surface area contributed by atoms with E-state index in [4.69, 9.17) is 0 Å². The van der Waals surface area contributed by atoms with Gasteiger partial charge in [0.15, 0.2) is 0 Å². The highest BCUT2D eigenvalue weighted by Gasteiger charge is 1.91. The van der Waals surface area contributed by atoms with Crippen molar-refractivity contribution in [2.24, 2.45) is 0 Å². The second-order valence-electron chi connectivity index (χ2n) is 1.38. The first-order valence-corrected chi connectivity index (χ1v) is 2.55. The molecule has 0 N–H and O–H groups in total. The minimum Gasteiger partial charge on any atom is -0.364 e. The molecular formula is C4H6NOP. The number of aromatic nitrogens is 1. The van der Waals surface area contributed by atoms with Crippen LogP contribution < -0.4 is 5.44 Å². The quantitative estimate of drug-likeness (QED) is 0.460. The van der Waals surface area contributed by atoms with Crippen molar-refractivity contribution in [1.82, 2.24) is 5.16 Å². The minimum atomic E-state index is 0.889. The summed E-state index contributed by atoms with van der Waals surface area (Å²) in [6, 6.07) is 0. The van der Waals surface area contributed by atoms with Crippen LogP contribution in [-0.2, 0) is 0 Å². The fraction of sp³-hybridized carbons (Fsp3) is 0.250. The fourth-order valence-corrected chi connectivity index (χ4v) is 0.423.